The van der Waals surface area contributed by atoms with Gasteiger partial charge in [-0.1, -0.05) is 25.3 Å². The molecule has 1 heterocycles. The fourth-order valence-electron chi connectivity index (χ4n) is 2.93. The summed E-state index contributed by atoms with van der Waals surface area (Å²) in [5.74, 6) is 0.0539. The summed E-state index contributed by atoms with van der Waals surface area (Å²) < 4.78 is 0. The zero-order valence-electron chi connectivity index (χ0n) is 14.2. The maximum atomic E-state index is 12.4. The van der Waals surface area contributed by atoms with E-state index in [1.165, 1.54) is 26.2 Å². The third-order valence-electron chi connectivity index (χ3n) is 4.28. The number of hydrogen-bond donors (Lipinski definition) is 2. The number of likely N-dealkylation sites (tertiary alicyclic amines) is 1. The molecule has 0 radical (unpaired) electrons. The van der Waals surface area contributed by atoms with Crippen LogP contribution in [0.5, 0.6) is 0 Å². The van der Waals surface area contributed by atoms with E-state index >= 15 is 0 Å². The smallest absolute Gasteiger partial charge is 0.241 e. The lowest BCUT2D eigenvalue weighted by Crippen LogP contribution is -2.37. The van der Waals surface area contributed by atoms with Gasteiger partial charge in [0.2, 0.25) is 11.8 Å². The summed E-state index contributed by atoms with van der Waals surface area (Å²) in [6.45, 7) is 5.46. The van der Waals surface area contributed by atoms with Crippen LogP contribution in [0.15, 0.2) is 18.2 Å². The van der Waals surface area contributed by atoms with E-state index in [4.69, 9.17) is 0 Å². The Balaban J connectivity index is 1.94. The van der Waals surface area contributed by atoms with Gasteiger partial charge in [0.1, 0.15) is 0 Å². The molecule has 126 valence electrons. The molecule has 0 unspecified atom stereocenters. The average Bonchev–Trinajstić information content (AvgIpc) is 2.47. The average molecular weight is 317 g/mol. The molecule has 0 atom stereocenters. The third-order valence-corrected chi connectivity index (χ3v) is 4.28. The minimum Gasteiger partial charge on any atom is -0.376 e. The topological polar surface area (TPSA) is 61.4 Å². The number of carbonyl (C=O) groups is 2. The summed E-state index contributed by atoms with van der Waals surface area (Å²) >= 11 is 0. The molecule has 1 fully saturated rings. The number of amides is 2. The molecule has 23 heavy (non-hydrogen) atoms. The zero-order chi connectivity index (χ0) is 16.7. The van der Waals surface area contributed by atoms with E-state index < -0.39 is 0 Å². The van der Waals surface area contributed by atoms with Crippen molar-refractivity contribution in [2.75, 3.05) is 30.3 Å². The van der Waals surface area contributed by atoms with Crippen LogP contribution in [0.2, 0.25) is 0 Å². The van der Waals surface area contributed by atoms with Gasteiger partial charge in [-0.15, -0.1) is 0 Å². The van der Waals surface area contributed by atoms with E-state index in [9.17, 15) is 9.59 Å². The second-order valence-electron chi connectivity index (χ2n) is 6.16. The van der Waals surface area contributed by atoms with Crippen molar-refractivity contribution in [3.05, 3.63) is 23.8 Å². The lowest BCUT2D eigenvalue weighted by molar-refractivity contribution is -0.129. The van der Waals surface area contributed by atoms with Crippen LogP contribution < -0.4 is 10.6 Å². The van der Waals surface area contributed by atoms with Crippen molar-refractivity contribution < 1.29 is 9.59 Å². The van der Waals surface area contributed by atoms with Gasteiger partial charge < -0.3 is 15.5 Å². The highest BCUT2D eigenvalue weighted by Crippen LogP contribution is 2.23. The van der Waals surface area contributed by atoms with Crippen molar-refractivity contribution in [3.63, 3.8) is 0 Å². The lowest BCUT2D eigenvalue weighted by atomic mass is 10.1. The molecule has 5 nitrogen and oxygen atoms in total. The van der Waals surface area contributed by atoms with Crippen LogP contribution in [-0.2, 0) is 9.59 Å². The second-order valence-corrected chi connectivity index (χ2v) is 6.16. The first-order chi connectivity index (χ1) is 11.1. The molecule has 0 spiro atoms. The molecule has 1 aliphatic heterocycles. The highest BCUT2D eigenvalue weighted by Gasteiger charge is 2.15. The highest BCUT2D eigenvalue weighted by atomic mass is 16.2. The summed E-state index contributed by atoms with van der Waals surface area (Å²) in [4.78, 5) is 25.6. The van der Waals surface area contributed by atoms with E-state index in [1.54, 1.807) is 0 Å². The van der Waals surface area contributed by atoms with Crippen molar-refractivity contribution >= 4 is 23.2 Å². The fourth-order valence-corrected chi connectivity index (χ4v) is 2.93. The molecule has 2 amide bonds. The molecule has 1 saturated heterocycles. The number of benzene rings is 1. The van der Waals surface area contributed by atoms with Crippen LogP contribution in [0.3, 0.4) is 0 Å². The SMILES string of the molecule is CC(=O)Nc1cccc(NCC(=O)N2CCCCCCC2)c1C. The van der Waals surface area contributed by atoms with Crippen LogP contribution in [0.4, 0.5) is 11.4 Å². The van der Waals surface area contributed by atoms with E-state index in [2.05, 4.69) is 10.6 Å². The largest absolute Gasteiger partial charge is 0.376 e. The van der Waals surface area contributed by atoms with Gasteiger partial charge >= 0.3 is 0 Å². The molecule has 0 bridgehead atoms. The van der Waals surface area contributed by atoms with Crippen LogP contribution in [0.1, 0.15) is 44.6 Å². The molecule has 0 aromatic heterocycles. The van der Waals surface area contributed by atoms with Gasteiger partial charge in [0.05, 0.1) is 6.54 Å². The minimum atomic E-state index is -0.0954. The monoisotopic (exact) mass is 317 g/mol. The molecule has 2 rings (SSSR count). The first-order valence-electron chi connectivity index (χ1n) is 8.47. The summed E-state index contributed by atoms with van der Waals surface area (Å²) in [6.07, 6.45) is 5.92. The number of hydrogen-bond acceptors (Lipinski definition) is 3. The molecule has 5 heteroatoms. The summed E-state index contributed by atoms with van der Waals surface area (Å²) in [5.41, 5.74) is 2.61. The first kappa shape index (κ1) is 17.3. The second kappa shape index (κ2) is 8.56. The van der Waals surface area contributed by atoms with Crippen molar-refractivity contribution in [3.8, 4) is 0 Å². The van der Waals surface area contributed by atoms with E-state index in [1.807, 2.05) is 30.0 Å². The van der Waals surface area contributed by atoms with Crippen LogP contribution in [0, 0.1) is 6.92 Å². The molecule has 1 aromatic rings. The Hall–Kier alpha value is -2.04. The zero-order valence-corrected chi connectivity index (χ0v) is 14.2. The summed E-state index contributed by atoms with van der Waals surface area (Å²) in [7, 11) is 0. The van der Waals surface area contributed by atoms with Crippen molar-refractivity contribution in [2.24, 2.45) is 0 Å². The maximum absolute atomic E-state index is 12.4. The molecule has 0 saturated carbocycles. The Morgan fingerprint density at radius 2 is 1.65 bits per heavy atom. The number of carbonyl (C=O) groups excluding carboxylic acids is 2. The van der Waals surface area contributed by atoms with E-state index in [0.717, 1.165) is 42.9 Å². The predicted molar refractivity (Wildman–Crippen MR) is 93.6 cm³/mol. The molecule has 0 aliphatic carbocycles. The summed E-state index contributed by atoms with van der Waals surface area (Å²) in [6, 6.07) is 5.67. The van der Waals surface area contributed by atoms with Gasteiger partial charge in [-0.2, -0.15) is 0 Å². The number of anilines is 2. The molecule has 1 aliphatic rings. The number of nitrogens with one attached hydrogen (secondary N) is 2. The van der Waals surface area contributed by atoms with E-state index in [-0.39, 0.29) is 11.8 Å². The van der Waals surface area contributed by atoms with E-state index in [0.29, 0.717) is 6.54 Å². The Labute approximate surface area is 138 Å². The van der Waals surface area contributed by atoms with Gasteiger partial charge in [0, 0.05) is 31.4 Å². The normalized spacial score (nSPS) is 15.5. The molecule has 1 aromatic carbocycles. The van der Waals surface area contributed by atoms with Gasteiger partial charge in [0.15, 0.2) is 0 Å². The number of nitrogens with zero attached hydrogens (tertiary/aromatic N) is 1. The van der Waals surface area contributed by atoms with Crippen molar-refractivity contribution in [1.82, 2.24) is 4.90 Å². The van der Waals surface area contributed by atoms with Crippen molar-refractivity contribution in [2.45, 2.75) is 46.0 Å². The fraction of sp³-hybridized carbons (Fsp3) is 0.556. The Morgan fingerprint density at radius 1 is 1.04 bits per heavy atom. The van der Waals surface area contributed by atoms with Gasteiger partial charge in [-0.3, -0.25) is 9.59 Å². The Kier molecular flexibility index (Phi) is 6.44. The van der Waals surface area contributed by atoms with Gasteiger partial charge in [0.25, 0.3) is 0 Å². The highest BCUT2D eigenvalue weighted by molar-refractivity contribution is 5.91. The predicted octanol–water partition coefficient (Wildman–Crippen LogP) is 3.16. The maximum Gasteiger partial charge on any atom is 0.241 e. The number of rotatable bonds is 4. The summed E-state index contributed by atoms with van der Waals surface area (Å²) in [5, 5.41) is 6.02. The first-order valence-corrected chi connectivity index (χ1v) is 8.47. The van der Waals surface area contributed by atoms with Gasteiger partial charge in [-0.25, -0.2) is 0 Å². The van der Waals surface area contributed by atoms with Crippen molar-refractivity contribution in [1.29, 1.82) is 0 Å². The van der Waals surface area contributed by atoms with Crippen LogP contribution in [0.25, 0.3) is 0 Å². The Bertz CT molecular complexity index is 549. The molecule has 2 N–H and O–H groups in total. The Morgan fingerprint density at radius 3 is 2.30 bits per heavy atom. The van der Waals surface area contributed by atoms with Crippen LogP contribution in [-0.4, -0.2) is 36.3 Å². The quantitative estimate of drug-likeness (QED) is 0.896. The van der Waals surface area contributed by atoms with Gasteiger partial charge in [-0.05, 0) is 37.5 Å². The lowest BCUT2D eigenvalue weighted by Gasteiger charge is -2.25. The standard InChI is InChI=1S/C18H27N3O2/c1-14-16(9-8-10-17(14)20-15(2)22)19-13-18(23)21-11-6-4-3-5-7-12-21/h8-10,19H,3-7,11-13H2,1-2H3,(H,20,22). The third kappa shape index (κ3) is 5.27. The molecular weight excluding hydrogens is 290 g/mol. The molecular formula is C18H27N3O2. The minimum absolute atomic E-state index is 0.0954. The van der Waals surface area contributed by atoms with Crippen LogP contribution >= 0.6 is 0 Å².